The molecule has 0 unspecified atom stereocenters. The normalized spacial score (nSPS) is 10.3. The van der Waals surface area contributed by atoms with Crippen LogP contribution in [0, 0.1) is 3.57 Å². The zero-order chi connectivity index (χ0) is 13.1. The van der Waals surface area contributed by atoms with Crippen LogP contribution in [0.3, 0.4) is 0 Å². The summed E-state index contributed by atoms with van der Waals surface area (Å²) in [5.74, 6) is 0. The van der Waals surface area contributed by atoms with Crippen LogP contribution in [0.2, 0.25) is 0 Å². The molecule has 0 saturated carbocycles. The average molecular weight is 370 g/mol. The number of hydrogen-bond acceptors (Lipinski definition) is 2. The number of halogens is 1. The van der Waals surface area contributed by atoms with Gasteiger partial charge in [0.2, 0.25) is 0 Å². The van der Waals surface area contributed by atoms with Crippen LogP contribution < -0.4 is 11.3 Å². The van der Waals surface area contributed by atoms with Gasteiger partial charge in [0.05, 0.1) is 12.1 Å². The summed E-state index contributed by atoms with van der Waals surface area (Å²) in [6.07, 6.45) is 1.74. The van der Waals surface area contributed by atoms with Crippen LogP contribution in [0.1, 0.15) is 11.1 Å². The molecule has 1 aromatic heterocycles. The van der Waals surface area contributed by atoms with Gasteiger partial charge in [-0.25, -0.2) is 0 Å². The number of nitrogens with two attached hydrogens (primary N) is 1. The quantitative estimate of drug-likeness (QED) is 0.665. The molecule has 18 heavy (non-hydrogen) atoms. The highest BCUT2D eigenvalue weighted by atomic mass is 127. The lowest BCUT2D eigenvalue weighted by atomic mass is 10.2. The second kappa shape index (κ2) is 5.62. The summed E-state index contributed by atoms with van der Waals surface area (Å²) in [6.45, 7) is 0.520. The van der Waals surface area contributed by atoms with Crippen molar-refractivity contribution in [3.8, 4) is 0 Å². The number of nitrogens with zero attached hydrogens (tertiary/aromatic N) is 1. The van der Waals surface area contributed by atoms with E-state index in [4.69, 9.17) is 18.0 Å². The Hall–Kier alpha value is -1.21. The van der Waals surface area contributed by atoms with E-state index in [1.165, 1.54) is 3.57 Å². The van der Waals surface area contributed by atoms with E-state index < -0.39 is 0 Å². The van der Waals surface area contributed by atoms with Crippen molar-refractivity contribution < 1.29 is 0 Å². The second-order valence-electron chi connectivity index (χ2n) is 3.85. The van der Waals surface area contributed by atoms with E-state index in [1.807, 2.05) is 24.3 Å². The largest absolute Gasteiger partial charge is 0.389 e. The molecule has 0 fully saturated rings. The molecule has 2 aromatic rings. The number of thiocarbonyl (C=S) groups is 1. The fraction of sp³-hybridized carbons (Fsp3) is 0.0769. The molecule has 0 aliphatic heterocycles. The predicted molar refractivity (Wildman–Crippen MR) is 84.9 cm³/mol. The lowest BCUT2D eigenvalue weighted by molar-refractivity contribution is 0.757. The topological polar surface area (TPSA) is 48.0 Å². The summed E-state index contributed by atoms with van der Waals surface area (Å²) < 4.78 is 2.78. The standard InChI is InChI=1S/C13H11IN2OS/c14-10-5-3-9(4-6-10)8-16-7-1-2-11(12(15)18)13(16)17/h1-7H,8H2,(H2,15,18). The van der Waals surface area contributed by atoms with Gasteiger partial charge in [-0.3, -0.25) is 4.79 Å². The van der Waals surface area contributed by atoms with Gasteiger partial charge in [-0.1, -0.05) is 24.4 Å². The van der Waals surface area contributed by atoms with E-state index in [0.717, 1.165) is 5.56 Å². The van der Waals surface area contributed by atoms with Crippen LogP contribution in [0.5, 0.6) is 0 Å². The molecular formula is C13H11IN2OS. The van der Waals surface area contributed by atoms with Gasteiger partial charge in [0.1, 0.15) is 4.99 Å². The Morgan fingerprint density at radius 3 is 2.56 bits per heavy atom. The van der Waals surface area contributed by atoms with Crippen LogP contribution >= 0.6 is 34.8 Å². The Morgan fingerprint density at radius 1 is 1.28 bits per heavy atom. The van der Waals surface area contributed by atoms with Crippen molar-refractivity contribution in [1.82, 2.24) is 4.57 Å². The van der Waals surface area contributed by atoms with E-state index >= 15 is 0 Å². The summed E-state index contributed by atoms with van der Waals surface area (Å²) in [5, 5.41) is 0. The Bertz CT molecular complexity index is 634. The smallest absolute Gasteiger partial charge is 0.261 e. The maximum atomic E-state index is 12.1. The minimum atomic E-state index is -0.149. The molecule has 0 radical (unpaired) electrons. The van der Waals surface area contributed by atoms with E-state index in [9.17, 15) is 4.79 Å². The number of benzene rings is 1. The maximum Gasteiger partial charge on any atom is 0.261 e. The lowest BCUT2D eigenvalue weighted by Gasteiger charge is -2.07. The summed E-state index contributed by atoms with van der Waals surface area (Å²) in [7, 11) is 0. The van der Waals surface area contributed by atoms with E-state index in [1.54, 1.807) is 22.9 Å². The number of hydrogen-bond donors (Lipinski definition) is 1. The highest BCUT2D eigenvalue weighted by molar-refractivity contribution is 14.1. The van der Waals surface area contributed by atoms with Gasteiger partial charge in [0.25, 0.3) is 5.56 Å². The molecule has 2 rings (SSSR count). The van der Waals surface area contributed by atoms with Crippen molar-refractivity contribution in [3.63, 3.8) is 0 Å². The molecule has 92 valence electrons. The Balaban J connectivity index is 2.35. The van der Waals surface area contributed by atoms with Crippen LogP contribution in [0.15, 0.2) is 47.4 Å². The van der Waals surface area contributed by atoms with Crippen molar-refractivity contribution in [2.45, 2.75) is 6.54 Å². The Kier molecular flexibility index (Phi) is 4.13. The first kappa shape index (κ1) is 13.2. The number of rotatable bonds is 3. The van der Waals surface area contributed by atoms with Gasteiger partial charge in [-0.2, -0.15) is 0 Å². The molecule has 1 aromatic carbocycles. The molecule has 1 heterocycles. The molecule has 0 aliphatic carbocycles. The van der Waals surface area contributed by atoms with Crippen LogP contribution in [-0.4, -0.2) is 9.56 Å². The Labute approximate surface area is 124 Å². The molecule has 5 heteroatoms. The molecule has 0 spiro atoms. The number of pyridine rings is 1. The summed E-state index contributed by atoms with van der Waals surface area (Å²) in [5.41, 5.74) is 6.82. The molecular weight excluding hydrogens is 359 g/mol. The van der Waals surface area contributed by atoms with Gasteiger partial charge >= 0.3 is 0 Å². The van der Waals surface area contributed by atoms with Gasteiger partial charge < -0.3 is 10.3 Å². The highest BCUT2D eigenvalue weighted by Gasteiger charge is 2.05. The van der Waals surface area contributed by atoms with Crippen LogP contribution in [-0.2, 0) is 6.54 Å². The third-order valence-corrected chi connectivity index (χ3v) is 3.49. The SMILES string of the molecule is NC(=S)c1cccn(Cc2ccc(I)cc2)c1=O. The van der Waals surface area contributed by atoms with Crippen molar-refractivity contribution in [2.24, 2.45) is 5.73 Å². The first-order chi connectivity index (χ1) is 8.58. The van der Waals surface area contributed by atoms with Crippen LogP contribution in [0.25, 0.3) is 0 Å². The third-order valence-electron chi connectivity index (χ3n) is 2.55. The fourth-order valence-corrected chi connectivity index (χ4v) is 2.15. The van der Waals surface area contributed by atoms with Gasteiger partial charge in [-0.05, 0) is 52.4 Å². The Morgan fingerprint density at radius 2 is 1.94 bits per heavy atom. The molecule has 0 saturated heterocycles. The van der Waals surface area contributed by atoms with Gasteiger partial charge in [0.15, 0.2) is 0 Å². The zero-order valence-electron chi connectivity index (χ0n) is 9.47. The van der Waals surface area contributed by atoms with Crippen molar-refractivity contribution in [1.29, 1.82) is 0 Å². The molecule has 0 aliphatic rings. The summed E-state index contributed by atoms with van der Waals surface area (Å²) in [6, 6.07) is 11.5. The van der Waals surface area contributed by atoms with E-state index in [2.05, 4.69) is 22.6 Å². The van der Waals surface area contributed by atoms with Crippen molar-refractivity contribution >= 4 is 39.8 Å². The second-order valence-corrected chi connectivity index (χ2v) is 5.53. The van der Waals surface area contributed by atoms with Gasteiger partial charge in [-0.15, -0.1) is 0 Å². The first-order valence-electron chi connectivity index (χ1n) is 5.31. The molecule has 2 N–H and O–H groups in total. The minimum Gasteiger partial charge on any atom is -0.389 e. The van der Waals surface area contributed by atoms with Crippen molar-refractivity contribution in [2.75, 3.05) is 0 Å². The highest BCUT2D eigenvalue weighted by Crippen LogP contribution is 2.07. The average Bonchev–Trinajstić information content (AvgIpc) is 2.34. The van der Waals surface area contributed by atoms with Crippen LogP contribution in [0.4, 0.5) is 0 Å². The third kappa shape index (κ3) is 2.97. The van der Waals surface area contributed by atoms with Gasteiger partial charge in [0, 0.05) is 9.77 Å². The monoisotopic (exact) mass is 370 g/mol. The molecule has 0 amide bonds. The van der Waals surface area contributed by atoms with E-state index in [-0.39, 0.29) is 10.5 Å². The summed E-state index contributed by atoms with van der Waals surface area (Å²) >= 11 is 7.10. The molecule has 3 nitrogen and oxygen atoms in total. The van der Waals surface area contributed by atoms with Crippen molar-refractivity contribution in [3.05, 3.63) is 67.6 Å². The van der Waals surface area contributed by atoms with E-state index in [0.29, 0.717) is 12.1 Å². The fourth-order valence-electron chi connectivity index (χ4n) is 1.64. The summed E-state index contributed by atoms with van der Waals surface area (Å²) in [4.78, 5) is 12.2. The first-order valence-corrected chi connectivity index (χ1v) is 6.80. The zero-order valence-corrected chi connectivity index (χ0v) is 12.4. The lowest BCUT2D eigenvalue weighted by Crippen LogP contribution is -2.28. The predicted octanol–water partition coefficient (Wildman–Crippen LogP) is 2.14. The minimum absolute atomic E-state index is 0.136. The maximum absolute atomic E-state index is 12.1. The number of aromatic nitrogens is 1. The molecule has 0 atom stereocenters. The molecule has 0 bridgehead atoms.